The van der Waals surface area contributed by atoms with Gasteiger partial charge in [-0.2, -0.15) is 0 Å². The number of esters is 2. The first kappa shape index (κ1) is 18.8. The molecule has 1 saturated heterocycles. The fourth-order valence-corrected chi connectivity index (χ4v) is 4.12. The number of cyclic esters (lactones) is 1. The van der Waals surface area contributed by atoms with E-state index in [9.17, 15) is 19.2 Å². The topological polar surface area (TPSA) is 90.0 Å². The van der Waals surface area contributed by atoms with Gasteiger partial charge in [-0.15, -0.1) is 0 Å². The van der Waals surface area contributed by atoms with Crippen LogP contribution < -0.4 is 0 Å². The second-order valence-electron chi connectivity index (χ2n) is 7.97. The van der Waals surface area contributed by atoms with E-state index < -0.39 is 28.9 Å². The first-order chi connectivity index (χ1) is 12.1. The molecule has 2 heterocycles. The number of Topliss-reactive ketones (excluding diaryl/α,β-unsaturated/α-hetero) is 2. The fourth-order valence-electron chi connectivity index (χ4n) is 4.12. The first-order valence-electron chi connectivity index (χ1n) is 8.95. The quantitative estimate of drug-likeness (QED) is 0.467. The summed E-state index contributed by atoms with van der Waals surface area (Å²) in [7, 11) is 1.89. The number of carbonyl (C=O) groups is 4. The van der Waals surface area contributed by atoms with E-state index in [0.717, 1.165) is 0 Å². The van der Waals surface area contributed by atoms with E-state index in [1.54, 1.807) is 19.9 Å². The number of ether oxygens (including phenoxy) is 2. The molecule has 0 unspecified atom stereocenters. The summed E-state index contributed by atoms with van der Waals surface area (Å²) in [5, 5.41) is 0. The van der Waals surface area contributed by atoms with Gasteiger partial charge in [-0.1, -0.05) is 13.0 Å². The second-order valence-corrected chi connectivity index (χ2v) is 7.97. The van der Waals surface area contributed by atoms with Gasteiger partial charge in [0.05, 0.1) is 5.41 Å². The molecule has 1 aliphatic carbocycles. The molecule has 26 heavy (non-hydrogen) atoms. The number of fused-ring (bicyclic) bond motifs is 3. The van der Waals surface area contributed by atoms with Crippen LogP contribution in [0, 0.1) is 16.7 Å². The summed E-state index contributed by atoms with van der Waals surface area (Å²) in [5.74, 6) is -2.52. The number of hydrogen-bond acceptors (Lipinski definition) is 7. The number of carbonyl (C=O) groups excluding carboxylic acids is 4. The summed E-state index contributed by atoms with van der Waals surface area (Å²) in [6.07, 6.45) is 1.17. The molecule has 4 atom stereocenters. The van der Waals surface area contributed by atoms with E-state index in [0.29, 0.717) is 25.1 Å². The molecule has 3 rings (SSSR count). The first-order valence-corrected chi connectivity index (χ1v) is 8.95. The highest BCUT2D eigenvalue weighted by Gasteiger charge is 2.68. The highest BCUT2D eigenvalue weighted by atomic mass is 16.6. The van der Waals surface area contributed by atoms with Crippen molar-refractivity contribution in [3.8, 4) is 0 Å². The largest absolute Gasteiger partial charge is 0.460 e. The van der Waals surface area contributed by atoms with E-state index in [4.69, 9.17) is 9.47 Å². The molecule has 2 bridgehead atoms. The van der Waals surface area contributed by atoms with E-state index in [1.807, 2.05) is 11.9 Å². The Morgan fingerprint density at radius 3 is 2.54 bits per heavy atom. The predicted octanol–water partition coefficient (Wildman–Crippen LogP) is 0.907. The molecule has 7 nitrogen and oxygen atoms in total. The highest BCUT2D eigenvalue weighted by molar-refractivity contribution is 6.12. The van der Waals surface area contributed by atoms with Crippen LogP contribution in [0.4, 0.5) is 0 Å². The van der Waals surface area contributed by atoms with Crippen LogP contribution in [-0.2, 0) is 28.7 Å². The maximum atomic E-state index is 13.0. The van der Waals surface area contributed by atoms with Gasteiger partial charge in [-0.25, -0.2) is 0 Å². The molecule has 0 aromatic rings. The molecule has 0 radical (unpaired) electrons. The minimum absolute atomic E-state index is 0.0985. The lowest BCUT2D eigenvalue weighted by molar-refractivity contribution is -0.184. The molecule has 3 aliphatic rings. The molecule has 2 fully saturated rings. The Hall–Kier alpha value is -2.02. The average molecular weight is 363 g/mol. The number of nitrogens with zero attached hydrogens (tertiary/aromatic N) is 1. The molecule has 142 valence electrons. The van der Waals surface area contributed by atoms with Gasteiger partial charge in [0.1, 0.15) is 12.0 Å². The molecular formula is C19H25NO6. The Kier molecular flexibility index (Phi) is 4.55. The van der Waals surface area contributed by atoms with Crippen molar-refractivity contribution in [1.29, 1.82) is 0 Å². The summed E-state index contributed by atoms with van der Waals surface area (Å²) in [6.45, 7) is 5.75. The van der Waals surface area contributed by atoms with E-state index >= 15 is 0 Å². The van der Waals surface area contributed by atoms with Gasteiger partial charge in [-0.3, -0.25) is 19.2 Å². The van der Waals surface area contributed by atoms with Crippen molar-refractivity contribution in [3.63, 3.8) is 0 Å². The standard InChI is InChI=1S/C19H25NO6/c1-11-9-14(21)19(3)17(24)26-13-6-8-20(4)7-5-12(15(13)22)10-25-16(23)18(11,19)2/h5,11,13H,6-10H2,1-4H3/b12-5-/t11-,13-,18-,19+/m1/s1. The zero-order valence-electron chi connectivity index (χ0n) is 15.7. The smallest absolute Gasteiger partial charge is 0.321 e. The Balaban J connectivity index is 2.08. The summed E-state index contributed by atoms with van der Waals surface area (Å²) in [4.78, 5) is 53.4. The molecule has 0 spiro atoms. The molecule has 0 aromatic heterocycles. The van der Waals surface area contributed by atoms with Crippen LogP contribution in [0.3, 0.4) is 0 Å². The van der Waals surface area contributed by atoms with Gasteiger partial charge in [-0.05, 0) is 26.8 Å². The summed E-state index contributed by atoms with van der Waals surface area (Å²) in [5.41, 5.74) is -2.65. The van der Waals surface area contributed by atoms with Crippen LogP contribution in [-0.4, -0.2) is 61.3 Å². The molecule has 7 heteroatoms. The SMILES string of the molecule is C[C@@H]1CC(=O)[C@@]2(C)C(=O)O[C@@H]3CCN(C)C/C=C(/COC(=O)[C@@]12C)C3=O. The molecular weight excluding hydrogens is 338 g/mol. The minimum Gasteiger partial charge on any atom is -0.460 e. The summed E-state index contributed by atoms with van der Waals surface area (Å²) in [6, 6.07) is 0. The third kappa shape index (κ3) is 2.52. The van der Waals surface area contributed by atoms with Crippen molar-refractivity contribution in [2.24, 2.45) is 16.7 Å². The monoisotopic (exact) mass is 363 g/mol. The maximum Gasteiger partial charge on any atom is 0.321 e. The van der Waals surface area contributed by atoms with Gasteiger partial charge in [0.15, 0.2) is 11.9 Å². The Bertz CT molecular complexity index is 713. The molecule has 0 aromatic carbocycles. The lowest BCUT2D eigenvalue weighted by Crippen LogP contribution is -2.54. The lowest BCUT2D eigenvalue weighted by Gasteiger charge is -2.39. The third-order valence-electron chi connectivity index (χ3n) is 6.55. The minimum atomic E-state index is -1.65. The van der Waals surface area contributed by atoms with Crippen molar-refractivity contribution in [2.45, 2.75) is 39.7 Å². The molecule has 2 aliphatic heterocycles. The van der Waals surface area contributed by atoms with Crippen LogP contribution >= 0.6 is 0 Å². The van der Waals surface area contributed by atoms with Gasteiger partial charge >= 0.3 is 11.9 Å². The summed E-state index contributed by atoms with van der Waals surface area (Å²) < 4.78 is 11.0. The van der Waals surface area contributed by atoms with Gasteiger partial charge in [0.25, 0.3) is 0 Å². The van der Waals surface area contributed by atoms with Crippen LogP contribution in [0.1, 0.15) is 33.6 Å². The average Bonchev–Trinajstić information content (AvgIpc) is 2.77. The maximum absolute atomic E-state index is 13.0. The van der Waals surface area contributed by atoms with Crippen molar-refractivity contribution in [1.82, 2.24) is 4.90 Å². The normalized spacial score (nSPS) is 41.3. The van der Waals surface area contributed by atoms with Crippen molar-refractivity contribution >= 4 is 23.5 Å². The van der Waals surface area contributed by atoms with E-state index in [2.05, 4.69) is 0 Å². The predicted molar refractivity (Wildman–Crippen MR) is 91.0 cm³/mol. The van der Waals surface area contributed by atoms with E-state index in [1.165, 1.54) is 6.92 Å². The Labute approximate surface area is 152 Å². The Morgan fingerprint density at radius 1 is 1.15 bits per heavy atom. The zero-order valence-corrected chi connectivity index (χ0v) is 15.7. The fraction of sp³-hybridized carbons (Fsp3) is 0.684. The van der Waals surface area contributed by atoms with Gasteiger partial charge < -0.3 is 14.4 Å². The van der Waals surface area contributed by atoms with Crippen LogP contribution in [0.2, 0.25) is 0 Å². The highest BCUT2D eigenvalue weighted by Crippen LogP contribution is 2.55. The molecule has 0 N–H and O–H groups in total. The van der Waals surface area contributed by atoms with Crippen molar-refractivity contribution in [3.05, 3.63) is 11.6 Å². The second kappa shape index (κ2) is 6.30. The summed E-state index contributed by atoms with van der Waals surface area (Å²) >= 11 is 0. The third-order valence-corrected chi connectivity index (χ3v) is 6.55. The number of ketones is 2. The van der Waals surface area contributed by atoms with E-state index in [-0.39, 0.29) is 30.5 Å². The van der Waals surface area contributed by atoms with Crippen molar-refractivity contribution < 1.29 is 28.7 Å². The number of likely N-dealkylation sites (N-methyl/N-ethyl adjacent to an activating group) is 1. The van der Waals surface area contributed by atoms with Crippen LogP contribution in [0.5, 0.6) is 0 Å². The number of hydrogen-bond donors (Lipinski definition) is 0. The van der Waals surface area contributed by atoms with Gasteiger partial charge in [0, 0.05) is 31.5 Å². The molecule has 0 amide bonds. The van der Waals surface area contributed by atoms with Crippen LogP contribution in [0.15, 0.2) is 11.6 Å². The zero-order chi connectivity index (χ0) is 19.3. The van der Waals surface area contributed by atoms with Gasteiger partial charge in [0.2, 0.25) is 5.78 Å². The molecule has 1 saturated carbocycles. The number of rotatable bonds is 0. The Morgan fingerprint density at radius 2 is 1.85 bits per heavy atom. The van der Waals surface area contributed by atoms with Crippen LogP contribution in [0.25, 0.3) is 0 Å². The lowest BCUT2D eigenvalue weighted by atomic mass is 9.64. The van der Waals surface area contributed by atoms with Crippen molar-refractivity contribution in [2.75, 3.05) is 26.7 Å².